The van der Waals surface area contributed by atoms with Gasteiger partial charge in [-0.05, 0) is 18.2 Å². The van der Waals surface area contributed by atoms with Gasteiger partial charge in [0.2, 0.25) is 0 Å². The minimum atomic E-state index is -0.498. The molecule has 0 atom stereocenters. The first kappa shape index (κ1) is 15.8. The number of methoxy groups -OCH3 is 1. The SMILES string of the molecule is COC(=O)c1ccc(C(=O)NCc2cccc3c2OCCO3)nc1. The molecule has 1 aromatic heterocycles. The van der Waals surface area contributed by atoms with E-state index in [1.54, 1.807) is 0 Å². The smallest absolute Gasteiger partial charge is 0.339 e. The highest BCUT2D eigenvalue weighted by molar-refractivity contribution is 5.94. The maximum atomic E-state index is 12.2. The van der Waals surface area contributed by atoms with Gasteiger partial charge in [0.05, 0.1) is 12.7 Å². The van der Waals surface area contributed by atoms with Crippen LogP contribution in [-0.4, -0.2) is 37.2 Å². The summed E-state index contributed by atoms with van der Waals surface area (Å²) in [4.78, 5) is 27.5. The summed E-state index contributed by atoms with van der Waals surface area (Å²) in [6, 6.07) is 8.50. The lowest BCUT2D eigenvalue weighted by molar-refractivity contribution is 0.0599. The van der Waals surface area contributed by atoms with Crippen molar-refractivity contribution in [1.82, 2.24) is 10.3 Å². The Morgan fingerprint density at radius 2 is 2.04 bits per heavy atom. The first-order chi connectivity index (χ1) is 11.7. The number of rotatable bonds is 4. The van der Waals surface area contributed by atoms with Gasteiger partial charge in [-0.15, -0.1) is 0 Å². The summed E-state index contributed by atoms with van der Waals surface area (Å²) in [6.07, 6.45) is 1.31. The van der Waals surface area contributed by atoms with Crippen LogP contribution in [0.25, 0.3) is 0 Å². The van der Waals surface area contributed by atoms with Gasteiger partial charge in [-0.2, -0.15) is 0 Å². The van der Waals surface area contributed by atoms with Gasteiger partial charge in [-0.1, -0.05) is 12.1 Å². The Morgan fingerprint density at radius 3 is 2.79 bits per heavy atom. The molecule has 1 amide bonds. The molecule has 0 bridgehead atoms. The highest BCUT2D eigenvalue weighted by Gasteiger charge is 2.16. The van der Waals surface area contributed by atoms with Crippen LogP contribution in [0.2, 0.25) is 0 Å². The van der Waals surface area contributed by atoms with E-state index in [2.05, 4.69) is 15.0 Å². The number of nitrogens with zero attached hydrogens (tertiary/aromatic N) is 1. The zero-order valence-electron chi connectivity index (χ0n) is 13.1. The number of fused-ring (bicyclic) bond motifs is 1. The fraction of sp³-hybridized carbons (Fsp3) is 0.235. The summed E-state index contributed by atoms with van der Waals surface area (Å²) in [5.41, 5.74) is 1.33. The molecule has 124 valence electrons. The Balaban J connectivity index is 1.67. The third-order valence-corrected chi connectivity index (χ3v) is 3.50. The minimum absolute atomic E-state index is 0.213. The fourth-order valence-electron chi connectivity index (χ4n) is 2.31. The molecule has 7 heteroatoms. The summed E-state index contributed by atoms with van der Waals surface area (Å²) in [5.74, 6) is 0.481. The molecule has 0 fully saturated rings. The van der Waals surface area contributed by atoms with Gasteiger partial charge in [-0.3, -0.25) is 9.78 Å². The quantitative estimate of drug-likeness (QED) is 0.857. The zero-order valence-corrected chi connectivity index (χ0v) is 13.1. The number of pyridine rings is 1. The average Bonchev–Trinajstić information content (AvgIpc) is 2.65. The predicted octanol–water partition coefficient (Wildman–Crippen LogP) is 1.57. The second kappa shape index (κ2) is 6.99. The molecule has 2 aromatic rings. The Hall–Kier alpha value is -3.09. The number of carbonyl (C=O) groups excluding carboxylic acids is 2. The van der Waals surface area contributed by atoms with Crippen molar-refractivity contribution in [1.29, 1.82) is 0 Å². The van der Waals surface area contributed by atoms with Crippen LogP contribution in [0.3, 0.4) is 0 Å². The van der Waals surface area contributed by atoms with Crippen LogP contribution < -0.4 is 14.8 Å². The Morgan fingerprint density at radius 1 is 1.21 bits per heavy atom. The lowest BCUT2D eigenvalue weighted by Crippen LogP contribution is -2.25. The second-order valence-electron chi connectivity index (χ2n) is 5.05. The van der Waals surface area contributed by atoms with Crippen molar-refractivity contribution in [3.05, 3.63) is 53.3 Å². The van der Waals surface area contributed by atoms with E-state index >= 15 is 0 Å². The lowest BCUT2D eigenvalue weighted by atomic mass is 10.1. The number of nitrogens with one attached hydrogen (secondary N) is 1. The number of hydrogen-bond acceptors (Lipinski definition) is 6. The molecule has 24 heavy (non-hydrogen) atoms. The van der Waals surface area contributed by atoms with E-state index in [1.165, 1.54) is 25.4 Å². The first-order valence-electron chi connectivity index (χ1n) is 7.39. The summed E-state index contributed by atoms with van der Waals surface area (Å²) in [6.45, 7) is 1.28. The molecular formula is C17H16N2O5. The van der Waals surface area contributed by atoms with Crippen molar-refractivity contribution in [3.8, 4) is 11.5 Å². The molecule has 0 unspecified atom stereocenters. The molecule has 1 aliphatic heterocycles. The van der Waals surface area contributed by atoms with Crippen molar-refractivity contribution >= 4 is 11.9 Å². The van der Waals surface area contributed by atoms with Crippen LogP contribution in [0.15, 0.2) is 36.5 Å². The molecule has 0 aliphatic carbocycles. The zero-order chi connectivity index (χ0) is 16.9. The largest absolute Gasteiger partial charge is 0.486 e. The van der Waals surface area contributed by atoms with E-state index in [1.807, 2.05) is 18.2 Å². The molecule has 1 aliphatic rings. The van der Waals surface area contributed by atoms with Gasteiger partial charge in [0.25, 0.3) is 5.91 Å². The number of aromatic nitrogens is 1. The fourth-order valence-corrected chi connectivity index (χ4v) is 2.31. The molecule has 3 rings (SSSR count). The molecule has 1 N–H and O–H groups in total. The molecule has 7 nitrogen and oxygen atoms in total. The summed E-state index contributed by atoms with van der Waals surface area (Å²) >= 11 is 0. The van der Waals surface area contributed by atoms with E-state index in [9.17, 15) is 9.59 Å². The molecular weight excluding hydrogens is 312 g/mol. The number of benzene rings is 1. The van der Waals surface area contributed by atoms with Crippen molar-refractivity contribution in [2.45, 2.75) is 6.54 Å². The van der Waals surface area contributed by atoms with Crippen molar-refractivity contribution < 1.29 is 23.8 Å². The second-order valence-corrected chi connectivity index (χ2v) is 5.05. The third-order valence-electron chi connectivity index (χ3n) is 3.50. The third kappa shape index (κ3) is 3.29. The van der Waals surface area contributed by atoms with Crippen molar-refractivity contribution in [2.24, 2.45) is 0 Å². The van der Waals surface area contributed by atoms with Crippen LogP contribution in [0.4, 0.5) is 0 Å². The Bertz CT molecular complexity index is 758. The highest BCUT2D eigenvalue weighted by atomic mass is 16.6. The van der Waals surface area contributed by atoms with Crippen LogP contribution in [0, 0.1) is 0 Å². The lowest BCUT2D eigenvalue weighted by Gasteiger charge is -2.21. The normalized spacial score (nSPS) is 12.4. The van der Waals surface area contributed by atoms with Gasteiger partial charge >= 0.3 is 5.97 Å². The molecule has 0 saturated heterocycles. The number of esters is 1. The van der Waals surface area contributed by atoms with Gasteiger partial charge < -0.3 is 19.5 Å². The first-order valence-corrected chi connectivity index (χ1v) is 7.39. The van der Waals surface area contributed by atoms with Crippen LogP contribution in [0.5, 0.6) is 11.5 Å². The van der Waals surface area contributed by atoms with E-state index in [0.29, 0.717) is 24.7 Å². The predicted molar refractivity (Wildman–Crippen MR) is 84.2 cm³/mol. The number of carbonyl (C=O) groups is 2. The highest BCUT2D eigenvalue weighted by Crippen LogP contribution is 2.33. The van der Waals surface area contributed by atoms with Crippen LogP contribution in [0.1, 0.15) is 26.4 Å². The van der Waals surface area contributed by atoms with Crippen molar-refractivity contribution in [3.63, 3.8) is 0 Å². The summed E-state index contributed by atoms with van der Waals surface area (Å²) in [7, 11) is 1.29. The maximum absolute atomic E-state index is 12.2. The minimum Gasteiger partial charge on any atom is -0.486 e. The number of ether oxygens (including phenoxy) is 3. The van der Waals surface area contributed by atoms with Gasteiger partial charge in [-0.25, -0.2) is 4.79 Å². The molecule has 2 heterocycles. The van der Waals surface area contributed by atoms with E-state index in [4.69, 9.17) is 9.47 Å². The van der Waals surface area contributed by atoms with E-state index < -0.39 is 5.97 Å². The standard InChI is InChI=1S/C17H16N2O5/c1-22-17(21)12-5-6-13(18-10-12)16(20)19-9-11-3-2-4-14-15(11)24-8-7-23-14/h2-6,10H,7-9H2,1H3,(H,19,20). The molecule has 0 radical (unpaired) electrons. The van der Waals surface area contributed by atoms with Gasteiger partial charge in [0, 0.05) is 18.3 Å². The van der Waals surface area contributed by atoms with Gasteiger partial charge in [0.15, 0.2) is 11.5 Å². The van der Waals surface area contributed by atoms with Crippen LogP contribution >= 0.6 is 0 Å². The Labute approximate surface area is 138 Å². The van der Waals surface area contributed by atoms with E-state index in [0.717, 1.165) is 5.56 Å². The molecule has 0 saturated carbocycles. The number of amides is 1. The van der Waals surface area contributed by atoms with Crippen LogP contribution in [-0.2, 0) is 11.3 Å². The molecule has 1 aromatic carbocycles. The summed E-state index contributed by atoms with van der Waals surface area (Å²) < 4.78 is 15.7. The number of para-hydroxylation sites is 1. The topological polar surface area (TPSA) is 86.8 Å². The average molecular weight is 328 g/mol. The van der Waals surface area contributed by atoms with Gasteiger partial charge in [0.1, 0.15) is 18.9 Å². The number of hydrogen-bond donors (Lipinski definition) is 1. The van der Waals surface area contributed by atoms with E-state index in [-0.39, 0.29) is 23.7 Å². The van der Waals surface area contributed by atoms with Crippen molar-refractivity contribution in [2.75, 3.05) is 20.3 Å². The summed E-state index contributed by atoms with van der Waals surface area (Å²) in [5, 5.41) is 2.77. The Kier molecular flexibility index (Phi) is 4.60. The molecule has 0 spiro atoms. The monoisotopic (exact) mass is 328 g/mol. The maximum Gasteiger partial charge on any atom is 0.339 e.